The summed E-state index contributed by atoms with van der Waals surface area (Å²) in [6, 6.07) is 24.7. The number of aromatic nitrogens is 2. The Morgan fingerprint density at radius 1 is 1.00 bits per heavy atom. The third-order valence-electron chi connectivity index (χ3n) is 9.52. The fourth-order valence-corrected chi connectivity index (χ4v) is 7.36. The number of nitrogens with one attached hydrogen (secondary N) is 2. The number of likely N-dealkylation sites (tertiary alicyclic amines) is 1. The van der Waals surface area contributed by atoms with Gasteiger partial charge in [-0.15, -0.1) is 0 Å². The van der Waals surface area contributed by atoms with E-state index in [0.717, 1.165) is 69.4 Å². The van der Waals surface area contributed by atoms with E-state index in [1.807, 2.05) is 53.3 Å². The van der Waals surface area contributed by atoms with Crippen LogP contribution in [-0.4, -0.2) is 64.4 Å². The SMILES string of the molecule is COc1cc(Cn2ncc3c(-c4cccc(-c5ccc(CNC[C@@H]6CCC(=O)N6)cc5)c4Cl)cccc32)c(Cl)cc1CN1CC(C(=O)O)C1. The zero-order valence-electron chi connectivity index (χ0n) is 27.1. The highest BCUT2D eigenvalue weighted by Crippen LogP contribution is 2.39. The monoisotopic (exact) mass is 697 g/mol. The molecule has 0 unspecified atom stereocenters. The molecular formula is C38H37Cl2N5O4. The summed E-state index contributed by atoms with van der Waals surface area (Å²) in [6.45, 7) is 3.53. The molecule has 5 aromatic rings. The summed E-state index contributed by atoms with van der Waals surface area (Å²) >= 11 is 13.9. The molecule has 0 bridgehead atoms. The highest BCUT2D eigenvalue weighted by molar-refractivity contribution is 6.36. The second-order valence-corrected chi connectivity index (χ2v) is 13.6. The van der Waals surface area contributed by atoms with Crippen LogP contribution in [0.25, 0.3) is 33.2 Å². The molecule has 0 spiro atoms. The summed E-state index contributed by atoms with van der Waals surface area (Å²) in [7, 11) is 1.63. The van der Waals surface area contributed by atoms with E-state index < -0.39 is 5.97 Å². The number of carbonyl (C=O) groups excluding carboxylic acids is 1. The molecule has 3 N–H and O–H groups in total. The Hall–Kier alpha value is -4.41. The Morgan fingerprint density at radius 3 is 2.49 bits per heavy atom. The van der Waals surface area contributed by atoms with E-state index in [4.69, 9.17) is 33.0 Å². The molecule has 0 aliphatic carbocycles. The molecule has 2 fully saturated rings. The first kappa shape index (κ1) is 33.1. The van der Waals surface area contributed by atoms with Crippen molar-refractivity contribution in [2.24, 2.45) is 5.92 Å². The average Bonchev–Trinajstić information content (AvgIpc) is 3.69. The molecule has 49 heavy (non-hydrogen) atoms. The fraction of sp³-hybridized carbons (Fsp3) is 0.289. The summed E-state index contributed by atoms with van der Waals surface area (Å²) in [4.78, 5) is 24.7. The van der Waals surface area contributed by atoms with Gasteiger partial charge in [0, 0.05) is 72.3 Å². The van der Waals surface area contributed by atoms with E-state index >= 15 is 0 Å². The normalized spacial score (nSPS) is 16.6. The smallest absolute Gasteiger partial charge is 0.309 e. The number of methoxy groups -OCH3 is 1. The molecule has 2 aliphatic rings. The van der Waals surface area contributed by atoms with Crippen LogP contribution in [0.4, 0.5) is 0 Å². The number of benzene rings is 4. The Bertz CT molecular complexity index is 2020. The van der Waals surface area contributed by atoms with Gasteiger partial charge in [0.1, 0.15) is 5.75 Å². The second kappa shape index (κ2) is 14.2. The van der Waals surface area contributed by atoms with Gasteiger partial charge in [0.2, 0.25) is 5.91 Å². The van der Waals surface area contributed by atoms with Crippen LogP contribution in [0.15, 0.2) is 79.0 Å². The summed E-state index contributed by atoms with van der Waals surface area (Å²) in [5.74, 6) is -0.242. The van der Waals surface area contributed by atoms with Crippen LogP contribution in [0.3, 0.4) is 0 Å². The van der Waals surface area contributed by atoms with Crippen molar-refractivity contribution < 1.29 is 19.4 Å². The molecule has 2 aliphatic heterocycles. The van der Waals surface area contributed by atoms with Crippen LogP contribution in [0.5, 0.6) is 5.75 Å². The molecular weight excluding hydrogens is 661 g/mol. The summed E-state index contributed by atoms with van der Waals surface area (Å²) in [5.41, 5.74) is 7.80. The quantitative estimate of drug-likeness (QED) is 0.135. The number of rotatable bonds is 12. The van der Waals surface area contributed by atoms with Gasteiger partial charge in [0.25, 0.3) is 0 Å². The summed E-state index contributed by atoms with van der Waals surface area (Å²) in [5, 5.41) is 22.7. The average molecular weight is 699 g/mol. The zero-order valence-corrected chi connectivity index (χ0v) is 28.6. The minimum atomic E-state index is -0.760. The lowest BCUT2D eigenvalue weighted by Gasteiger charge is -2.36. The van der Waals surface area contributed by atoms with Crippen molar-refractivity contribution in [2.75, 3.05) is 26.7 Å². The highest BCUT2D eigenvalue weighted by Gasteiger charge is 2.33. The maximum atomic E-state index is 11.5. The Balaban J connectivity index is 1.08. The van der Waals surface area contributed by atoms with Gasteiger partial charge in [0.15, 0.2) is 0 Å². The van der Waals surface area contributed by atoms with Crippen LogP contribution in [0.2, 0.25) is 10.0 Å². The van der Waals surface area contributed by atoms with E-state index in [2.05, 4.69) is 45.9 Å². The summed E-state index contributed by atoms with van der Waals surface area (Å²) in [6.07, 6.45) is 3.36. The molecule has 2 saturated heterocycles. The zero-order chi connectivity index (χ0) is 34.1. The number of aliphatic carboxylic acids is 1. The Kier molecular flexibility index (Phi) is 9.60. The first-order chi connectivity index (χ1) is 23.8. The van der Waals surface area contributed by atoms with Crippen molar-refractivity contribution in [3.05, 3.63) is 106 Å². The van der Waals surface area contributed by atoms with Gasteiger partial charge >= 0.3 is 5.97 Å². The van der Waals surface area contributed by atoms with Gasteiger partial charge < -0.3 is 20.5 Å². The molecule has 9 nitrogen and oxygen atoms in total. The van der Waals surface area contributed by atoms with Gasteiger partial charge in [-0.05, 0) is 46.9 Å². The minimum Gasteiger partial charge on any atom is -0.496 e. The number of carbonyl (C=O) groups is 2. The number of amides is 1. The Labute approximate surface area is 294 Å². The molecule has 4 aromatic carbocycles. The minimum absolute atomic E-state index is 0.131. The third kappa shape index (κ3) is 7.03. The largest absolute Gasteiger partial charge is 0.496 e. The van der Waals surface area contributed by atoms with Gasteiger partial charge in [-0.1, -0.05) is 77.8 Å². The van der Waals surface area contributed by atoms with Crippen molar-refractivity contribution >= 4 is 46.0 Å². The number of fused-ring (bicyclic) bond motifs is 1. The van der Waals surface area contributed by atoms with Crippen molar-refractivity contribution in [3.8, 4) is 28.0 Å². The van der Waals surface area contributed by atoms with E-state index in [9.17, 15) is 14.7 Å². The first-order valence-electron chi connectivity index (χ1n) is 16.4. The van der Waals surface area contributed by atoms with Gasteiger partial charge in [-0.25, -0.2) is 0 Å². The van der Waals surface area contributed by atoms with Crippen molar-refractivity contribution in [1.82, 2.24) is 25.3 Å². The van der Waals surface area contributed by atoms with Crippen molar-refractivity contribution in [2.45, 2.75) is 38.5 Å². The molecule has 0 saturated carbocycles. The molecule has 1 aromatic heterocycles. The highest BCUT2D eigenvalue weighted by atomic mass is 35.5. The maximum Gasteiger partial charge on any atom is 0.309 e. The first-order valence-corrected chi connectivity index (χ1v) is 17.2. The van der Waals surface area contributed by atoms with Gasteiger partial charge in [-0.2, -0.15) is 5.10 Å². The fourth-order valence-electron chi connectivity index (χ4n) is 6.78. The number of hydrogen-bond donors (Lipinski definition) is 3. The van der Waals surface area contributed by atoms with Crippen LogP contribution in [0, 0.1) is 5.92 Å². The molecule has 3 heterocycles. The third-order valence-corrected chi connectivity index (χ3v) is 10.3. The maximum absolute atomic E-state index is 11.5. The molecule has 252 valence electrons. The predicted molar refractivity (Wildman–Crippen MR) is 192 cm³/mol. The molecule has 7 rings (SSSR count). The van der Waals surface area contributed by atoms with Crippen LogP contribution >= 0.6 is 23.2 Å². The molecule has 1 atom stereocenters. The lowest BCUT2D eigenvalue weighted by Crippen LogP contribution is -2.49. The molecule has 0 radical (unpaired) electrons. The van der Waals surface area contributed by atoms with Crippen molar-refractivity contribution in [3.63, 3.8) is 0 Å². The number of carboxylic acids is 1. The topological polar surface area (TPSA) is 109 Å². The van der Waals surface area contributed by atoms with Gasteiger partial charge in [0.05, 0.1) is 36.3 Å². The van der Waals surface area contributed by atoms with E-state index in [-0.39, 0.29) is 17.9 Å². The van der Waals surface area contributed by atoms with E-state index in [0.29, 0.717) is 48.4 Å². The standard InChI is InChI=1S/C38H37Cl2N5O4/c1-49-35-15-25(33(39)14-26(35)19-44-20-27(21-44)38(47)48)22-45-34-7-3-5-30(32(34)18-42-45)31-6-2-4-29(37(31)40)24-10-8-23(9-11-24)16-41-17-28-12-13-36(46)43-28/h2-11,14-15,18,27-28,41H,12-13,16-17,19-22H2,1H3,(H,43,46)(H,47,48)/t28-/m0/s1. The van der Waals surface area contributed by atoms with E-state index in [1.165, 1.54) is 0 Å². The van der Waals surface area contributed by atoms with E-state index in [1.54, 1.807) is 7.11 Å². The molecule has 11 heteroatoms. The number of nitrogens with zero attached hydrogens (tertiary/aromatic N) is 3. The lowest BCUT2D eigenvalue weighted by molar-refractivity contribution is -0.147. The van der Waals surface area contributed by atoms with Crippen LogP contribution in [0.1, 0.15) is 29.5 Å². The predicted octanol–water partition coefficient (Wildman–Crippen LogP) is 6.62. The Morgan fingerprint density at radius 2 is 1.76 bits per heavy atom. The van der Waals surface area contributed by atoms with Gasteiger partial charge in [-0.3, -0.25) is 19.2 Å². The van der Waals surface area contributed by atoms with Crippen LogP contribution < -0.4 is 15.4 Å². The lowest BCUT2D eigenvalue weighted by atomic mass is 9.96. The van der Waals surface area contributed by atoms with Crippen molar-refractivity contribution in [1.29, 1.82) is 0 Å². The summed E-state index contributed by atoms with van der Waals surface area (Å²) < 4.78 is 7.64. The number of halogens is 2. The number of ether oxygens (including phenoxy) is 1. The number of hydrogen-bond acceptors (Lipinski definition) is 6. The second-order valence-electron chi connectivity index (χ2n) is 12.8. The van der Waals surface area contributed by atoms with Crippen LogP contribution in [-0.2, 0) is 29.2 Å². The molecule has 1 amide bonds. The number of carboxylic acid groups (broad SMARTS) is 1.